The van der Waals surface area contributed by atoms with Crippen LogP contribution >= 0.6 is 11.3 Å². The van der Waals surface area contributed by atoms with Crippen molar-refractivity contribution in [3.05, 3.63) is 77.2 Å². The maximum absolute atomic E-state index is 12.8. The van der Waals surface area contributed by atoms with Crippen molar-refractivity contribution in [2.45, 2.75) is 25.4 Å². The van der Waals surface area contributed by atoms with Crippen molar-refractivity contribution in [3.63, 3.8) is 0 Å². The van der Waals surface area contributed by atoms with Crippen molar-refractivity contribution in [1.82, 2.24) is 15.5 Å². The van der Waals surface area contributed by atoms with E-state index in [2.05, 4.69) is 41.5 Å². The number of hydrogen-bond acceptors (Lipinski definition) is 4. The molecule has 0 unspecified atom stereocenters. The van der Waals surface area contributed by atoms with Gasteiger partial charge >= 0.3 is 6.03 Å². The number of aromatic hydroxyl groups is 1. The van der Waals surface area contributed by atoms with Crippen molar-refractivity contribution in [3.8, 4) is 5.75 Å². The first-order valence-electron chi connectivity index (χ1n) is 10.3. The molecule has 1 atom stereocenters. The molecule has 0 fully saturated rings. The second-order valence-corrected chi connectivity index (χ2v) is 8.83. The lowest BCUT2D eigenvalue weighted by molar-refractivity contribution is 0.196. The van der Waals surface area contributed by atoms with Crippen molar-refractivity contribution in [2.75, 3.05) is 19.6 Å². The number of phenols is 1. The molecule has 0 bridgehead atoms. The molecule has 0 radical (unpaired) electrons. The van der Waals surface area contributed by atoms with Gasteiger partial charge < -0.3 is 20.6 Å². The normalized spacial score (nSPS) is 15.5. The van der Waals surface area contributed by atoms with E-state index in [9.17, 15) is 9.90 Å². The fourth-order valence-corrected chi connectivity index (χ4v) is 4.99. The third-order valence-corrected chi connectivity index (χ3v) is 6.61. The molecular formula is C24H27N3O2S. The van der Waals surface area contributed by atoms with Gasteiger partial charge in [0.15, 0.2) is 0 Å². The van der Waals surface area contributed by atoms with E-state index < -0.39 is 0 Å². The molecule has 30 heavy (non-hydrogen) atoms. The lowest BCUT2D eigenvalue weighted by Gasteiger charge is -2.31. The number of carbonyl (C=O) groups excluding carboxylic acids is 1. The first kappa shape index (κ1) is 20.4. The highest BCUT2D eigenvalue weighted by atomic mass is 32.1. The summed E-state index contributed by atoms with van der Waals surface area (Å²) in [5.74, 6) is 0.292. The molecule has 3 aromatic rings. The van der Waals surface area contributed by atoms with E-state index in [0.717, 1.165) is 18.4 Å². The van der Waals surface area contributed by atoms with Gasteiger partial charge in [-0.1, -0.05) is 30.3 Å². The zero-order chi connectivity index (χ0) is 20.9. The van der Waals surface area contributed by atoms with Gasteiger partial charge in [-0.15, -0.1) is 17.9 Å². The van der Waals surface area contributed by atoms with Crippen LogP contribution in [-0.4, -0.2) is 41.7 Å². The minimum absolute atomic E-state index is 0.0608. The van der Waals surface area contributed by atoms with Crippen LogP contribution in [0.15, 0.2) is 61.2 Å². The molecule has 1 aromatic heterocycles. The number of phenolic OH excluding ortho intramolecular Hbond substituents is 1. The van der Waals surface area contributed by atoms with Crippen LogP contribution in [0.2, 0.25) is 0 Å². The fraction of sp³-hybridized carbons (Fsp3) is 0.292. The number of thiophene rings is 1. The molecule has 4 rings (SSSR count). The van der Waals surface area contributed by atoms with Crippen molar-refractivity contribution in [1.29, 1.82) is 0 Å². The number of carbonyl (C=O) groups is 1. The standard InChI is InChI=1S/C24H27N3O2S/c1-2-11-27(16-20-12-17-7-8-21(28)13-19(17)15-26-20)24(29)25-10-9-22-14-18-5-3-4-6-23(18)30-22/h2-8,13-14,20,26,28H,1,9-12,15-16H2,(H,25,29)/t20-/m0/s1. The number of fused-ring (bicyclic) bond motifs is 2. The minimum atomic E-state index is -0.0608. The van der Waals surface area contributed by atoms with Gasteiger partial charge in [0.25, 0.3) is 0 Å². The first-order valence-corrected chi connectivity index (χ1v) is 11.1. The van der Waals surface area contributed by atoms with Crippen molar-refractivity contribution >= 4 is 27.5 Å². The lowest BCUT2D eigenvalue weighted by atomic mass is 9.95. The fourth-order valence-electron chi connectivity index (χ4n) is 3.92. The van der Waals surface area contributed by atoms with E-state index in [-0.39, 0.29) is 12.1 Å². The summed E-state index contributed by atoms with van der Waals surface area (Å²) in [5.41, 5.74) is 2.34. The predicted molar refractivity (Wildman–Crippen MR) is 123 cm³/mol. The van der Waals surface area contributed by atoms with E-state index in [1.54, 1.807) is 34.4 Å². The third kappa shape index (κ3) is 4.83. The Morgan fingerprint density at radius 1 is 1.27 bits per heavy atom. The highest BCUT2D eigenvalue weighted by molar-refractivity contribution is 7.19. The SMILES string of the molecule is C=CCN(C[C@@H]1Cc2ccc(O)cc2CN1)C(=O)NCCc1cc2ccccc2s1. The maximum atomic E-state index is 12.8. The Morgan fingerprint density at radius 3 is 2.97 bits per heavy atom. The highest BCUT2D eigenvalue weighted by Gasteiger charge is 2.22. The average Bonchev–Trinajstić information content (AvgIpc) is 3.16. The lowest BCUT2D eigenvalue weighted by Crippen LogP contribution is -2.49. The Morgan fingerprint density at radius 2 is 2.13 bits per heavy atom. The number of rotatable bonds is 7. The molecule has 2 heterocycles. The Labute approximate surface area is 181 Å². The van der Waals surface area contributed by atoms with E-state index >= 15 is 0 Å². The summed E-state index contributed by atoms with van der Waals surface area (Å²) in [5, 5.41) is 17.4. The van der Waals surface area contributed by atoms with Gasteiger partial charge in [-0.05, 0) is 53.6 Å². The smallest absolute Gasteiger partial charge is 0.317 e. The molecule has 0 saturated heterocycles. The zero-order valence-electron chi connectivity index (χ0n) is 16.9. The van der Waals surface area contributed by atoms with Crippen LogP contribution in [0.25, 0.3) is 10.1 Å². The summed E-state index contributed by atoms with van der Waals surface area (Å²) < 4.78 is 1.28. The summed E-state index contributed by atoms with van der Waals surface area (Å²) in [7, 11) is 0. The highest BCUT2D eigenvalue weighted by Crippen LogP contribution is 2.25. The summed E-state index contributed by atoms with van der Waals surface area (Å²) in [6.45, 7) is 6.24. The predicted octanol–water partition coefficient (Wildman–Crippen LogP) is 4.06. The van der Waals surface area contributed by atoms with Gasteiger partial charge in [0.2, 0.25) is 0 Å². The summed E-state index contributed by atoms with van der Waals surface area (Å²) in [4.78, 5) is 15.9. The molecule has 0 saturated carbocycles. The number of hydrogen-bond donors (Lipinski definition) is 3. The Bertz CT molecular complexity index is 1010. The topological polar surface area (TPSA) is 64.6 Å². The second kappa shape index (κ2) is 9.32. The molecule has 2 aromatic carbocycles. The molecule has 1 aliphatic rings. The number of nitrogens with zero attached hydrogens (tertiary/aromatic N) is 1. The van der Waals surface area contributed by atoms with E-state index in [0.29, 0.717) is 31.9 Å². The van der Waals surface area contributed by atoms with Gasteiger partial charge in [-0.25, -0.2) is 4.79 Å². The maximum Gasteiger partial charge on any atom is 0.317 e. The largest absolute Gasteiger partial charge is 0.508 e. The van der Waals surface area contributed by atoms with Crippen LogP contribution in [0, 0.1) is 0 Å². The van der Waals surface area contributed by atoms with Gasteiger partial charge in [-0.2, -0.15) is 0 Å². The monoisotopic (exact) mass is 421 g/mol. The van der Waals surface area contributed by atoms with Gasteiger partial charge in [0, 0.05) is 41.8 Å². The Kier molecular flexibility index (Phi) is 6.35. The Hall–Kier alpha value is -2.83. The van der Waals surface area contributed by atoms with Crippen LogP contribution < -0.4 is 10.6 Å². The van der Waals surface area contributed by atoms with Crippen LogP contribution in [0.5, 0.6) is 5.75 Å². The van der Waals surface area contributed by atoms with Crippen molar-refractivity contribution in [2.24, 2.45) is 0 Å². The molecule has 0 spiro atoms. The number of benzene rings is 2. The molecule has 3 N–H and O–H groups in total. The van der Waals surface area contributed by atoms with Crippen LogP contribution in [0.3, 0.4) is 0 Å². The molecular weight excluding hydrogens is 394 g/mol. The summed E-state index contributed by atoms with van der Waals surface area (Å²) in [6, 6.07) is 16.2. The molecule has 0 aliphatic carbocycles. The number of amides is 2. The minimum Gasteiger partial charge on any atom is -0.508 e. The first-order chi connectivity index (χ1) is 14.6. The summed E-state index contributed by atoms with van der Waals surface area (Å²) >= 11 is 1.78. The third-order valence-electron chi connectivity index (χ3n) is 5.44. The van der Waals surface area contributed by atoms with Gasteiger partial charge in [-0.3, -0.25) is 0 Å². The molecule has 5 nitrogen and oxygen atoms in total. The molecule has 6 heteroatoms. The van der Waals surface area contributed by atoms with Crippen LogP contribution in [-0.2, 0) is 19.4 Å². The van der Waals surface area contributed by atoms with E-state index in [4.69, 9.17) is 0 Å². The molecule has 2 amide bonds. The number of urea groups is 1. The Balaban J connectivity index is 1.31. The van der Waals surface area contributed by atoms with E-state index in [1.165, 1.54) is 20.5 Å². The summed E-state index contributed by atoms with van der Waals surface area (Å²) in [6.07, 6.45) is 3.42. The molecule has 1 aliphatic heterocycles. The zero-order valence-corrected chi connectivity index (χ0v) is 17.8. The average molecular weight is 422 g/mol. The van der Waals surface area contributed by atoms with E-state index in [1.807, 2.05) is 12.1 Å². The molecule has 156 valence electrons. The quantitative estimate of drug-likeness (QED) is 0.504. The van der Waals surface area contributed by atoms with Gasteiger partial charge in [0.1, 0.15) is 5.75 Å². The van der Waals surface area contributed by atoms with Crippen LogP contribution in [0.1, 0.15) is 16.0 Å². The number of nitrogens with one attached hydrogen (secondary N) is 2. The van der Waals surface area contributed by atoms with Gasteiger partial charge in [0.05, 0.1) is 0 Å². The van der Waals surface area contributed by atoms with Crippen molar-refractivity contribution < 1.29 is 9.90 Å². The van der Waals surface area contributed by atoms with Crippen LogP contribution in [0.4, 0.5) is 4.79 Å². The second-order valence-electron chi connectivity index (χ2n) is 7.66.